The van der Waals surface area contributed by atoms with Gasteiger partial charge in [0.1, 0.15) is 23.1 Å². The van der Waals surface area contributed by atoms with Gasteiger partial charge in [0.15, 0.2) is 10.6 Å². The molecule has 12 nitrogen and oxygen atoms in total. The molecule has 4 aromatic rings. The van der Waals surface area contributed by atoms with E-state index in [4.69, 9.17) is 18.6 Å². The molecule has 2 fully saturated rings. The Morgan fingerprint density at radius 3 is 2.60 bits per heavy atom. The minimum absolute atomic E-state index is 0.0618. The molecular formula is C30H38N6O6S. The van der Waals surface area contributed by atoms with Gasteiger partial charge in [-0.2, -0.15) is 13.4 Å². The summed E-state index contributed by atoms with van der Waals surface area (Å²) in [5, 5.41) is 3.35. The van der Waals surface area contributed by atoms with E-state index in [0.29, 0.717) is 29.4 Å². The zero-order chi connectivity index (χ0) is 29.8. The van der Waals surface area contributed by atoms with Gasteiger partial charge in [0.05, 0.1) is 31.8 Å². The van der Waals surface area contributed by atoms with E-state index >= 15 is 0 Å². The molecule has 0 bridgehead atoms. The minimum Gasteiger partial charge on any atom is -0.494 e. The van der Waals surface area contributed by atoms with Gasteiger partial charge in [0, 0.05) is 57.8 Å². The lowest BCUT2D eigenvalue weighted by Gasteiger charge is -2.32. The van der Waals surface area contributed by atoms with Gasteiger partial charge in [0.25, 0.3) is 16.0 Å². The molecule has 4 heterocycles. The first-order chi connectivity index (χ1) is 20.8. The monoisotopic (exact) mass is 610 g/mol. The number of sulfonamides is 1. The van der Waals surface area contributed by atoms with Gasteiger partial charge >= 0.3 is 0 Å². The lowest BCUT2D eigenvalue weighted by atomic mass is 10.0. The molecule has 13 heteroatoms. The van der Waals surface area contributed by atoms with Crippen molar-refractivity contribution in [1.82, 2.24) is 19.4 Å². The molecule has 43 heavy (non-hydrogen) atoms. The summed E-state index contributed by atoms with van der Waals surface area (Å²) in [7, 11) is -2.15. The number of nitrogens with one attached hydrogen (secondary N) is 2. The number of aromatic nitrogens is 3. The van der Waals surface area contributed by atoms with Crippen molar-refractivity contribution in [2.45, 2.75) is 56.3 Å². The summed E-state index contributed by atoms with van der Waals surface area (Å²) in [5.41, 5.74) is 2.44. The molecule has 2 aromatic heterocycles. The molecule has 6 rings (SSSR count). The normalized spacial score (nSPS) is 17.3. The smallest absolute Gasteiger partial charge is 0.295 e. The topological polar surface area (TPSA) is 133 Å². The fourth-order valence-electron chi connectivity index (χ4n) is 5.51. The number of para-hydroxylation sites is 1. The van der Waals surface area contributed by atoms with Crippen molar-refractivity contribution in [3.63, 3.8) is 0 Å². The molecule has 0 unspecified atom stereocenters. The number of likely N-dealkylation sites (tertiary alicyclic amines) is 1. The van der Waals surface area contributed by atoms with Crippen LogP contribution in [0.25, 0.3) is 11.1 Å². The molecule has 2 aliphatic rings. The van der Waals surface area contributed by atoms with Crippen LogP contribution in [-0.2, 0) is 28.4 Å². The van der Waals surface area contributed by atoms with Crippen LogP contribution < -0.4 is 19.5 Å². The molecule has 230 valence electrons. The van der Waals surface area contributed by atoms with Gasteiger partial charge in [-0.1, -0.05) is 6.07 Å². The second-order valence-corrected chi connectivity index (χ2v) is 12.7. The van der Waals surface area contributed by atoms with E-state index < -0.39 is 10.0 Å². The molecule has 0 amide bonds. The van der Waals surface area contributed by atoms with Crippen molar-refractivity contribution < 1.29 is 27.0 Å². The number of aryl methyl sites for hydroxylation is 1. The number of benzene rings is 2. The molecule has 0 aliphatic carbocycles. The molecular weight excluding hydrogens is 572 g/mol. The SMILES string of the molecule is CCOc1cc(CN2CCC(Nc3nc4c(NS(=O)(=O)c5cn(C)cn5)cccc4o3)CC2)cc(OC2CCOCC2)c1. The van der Waals surface area contributed by atoms with Crippen LogP contribution in [0, 0.1) is 0 Å². The first kappa shape index (κ1) is 29.3. The number of fused-ring (bicyclic) bond motifs is 1. The van der Waals surface area contributed by atoms with Crippen molar-refractivity contribution in [2.75, 3.05) is 42.9 Å². The number of hydrogen-bond acceptors (Lipinski definition) is 10. The average Bonchev–Trinajstić information content (AvgIpc) is 3.62. The quantitative estimate of drug-likeness (QED) is 0.252. The molecule has 0 spiro atoms. The zero-order valence-corrected chi connectivity index (χ0v) is 25.3. The third kappa shape index (κ3) is 7.23. The fraction of sp³-hybridized carbons (Fsp3) is 0.467. The Kier molecular flexibility index (Phi) is 8.73. The Morgan fingerprint density at radius 1 is 1.07 bits per heavy atom. The first-order valence-electron chi connectivity index (χ1n) is 14.7. The molecule has 2 N–H and O–H groups in total. The van der Waals surface area contributed by atoms with E-state index in [9.17, 15) is 8.42 Å². The number of imidazole rings is 1. The van der Waals surface area contributed by atoms with E-state index in [1.165, 1.54) is 18.1 Å². The van der Waals surface area contributed by atoms with E-state index in [1.807, 2.05) is 13.0 Å². The van der Waals surface area contributed by atoms with Crippen molar-refractivity contribution in [2.24, 2.45) is 7.05 Å². The summed E-state index contributed by atoms with van der Waals surface area (Å²) in [6.07, 6.45) is 6.68. The van der Waals surface area contributed by atoms with Crippen LogP contribution >= 0.6 is 0 Å². The summed E-state index contributed by atoms with van der Waals surface area (Å²) in [6.45, 7) is 6.68. The van der Waals surface area contributed by atoms with Crippen molar-refractivity contribution in [3.05, 3.63) is 54.5 Å². The maximum Gasteiger partial charge on any atom is 0.295 e. The maximum atomic E-state index is 12.8. The highest BCUT2D eigenvalue weighted by Gasteiger charge is 2.24. The van der Waals surface area contributed by atoms with Gasteiger partial charge in [-0.05, 0) is 49.6 Å². The van der Waals surface area contributed by atoms with Crippen LogP contribution in [0.1, 0.15) is 38.2 Å². The third-order valence-corrected chi connectivity index (χ3v) is 8.91. The fourth-order valence-corrected chi connectivity index (χ4v) is 6.56. The first-order valence-corrected chi connectivity index (χ1v) is 16.2. The van der Waals surface area contributed by atoms with Gasteiger partial charge < -0.3 is 28.5 Å². The number of ether oxygens (including phenoxy) is 3. The summed E-state index contributed by atoms with van der Waals surface area (Å²) >= 11 is 0. The molecule has 0 radical (unpaired) electrons. The van der Waals surface area contributed by atoms with Crippen LogP contribution in [0.4, 0.5) is 11.7 Å². The van der Waals surface area contributed by atoms with Gasteiger partial charge in [0.2, 0.25) is 0 Å². The minimum atomic E-state index is -3.86. The number of nitrogens with zero attached hydrogens (tertiary/aromatic N) is 4. The Hall–Kier alpha value is -3.81. The molecule has 2 aromatic carbocycles. The predicted molar refractivity (Wildman–Crippen MR) is 162 cm³/mol. The van der Waals surface area contributed by atoms with E-state index in [1.54, 1.807) is 29.8 Å². The third-order valence-electron chi connectivity index (χ3n) is 7.66. The lowest BCUT2D eigenvalue weighted by Crippen LogP contribution is -2.38. The number of rotatable bonds is 11. The summed E-state index contributed by atoms with van der Waals surface area (Å²) in [4.78, 5) is 11.0. The Balaban J connectivity index is 1.07. The Morgan fingerprint density at radius 2 is 1.86 bits per heavy atom. The van der Waals surface area contributed by atoms with Crippen molar-refractivity contribution >= 4 is 32.8 Å². The molecule has 0 saturated carbocycles. The number of oxazole rings is 1. The van der Waals surface area contributed by atoms with Gasteiger partial charge in [-0.25, -0.2) is 4.98 Å². The molecule has 0 atom stereocenters. The molecule has 2 aliphatic heterocycles. The largest absolute Gasteiger partial charge is 0.494 e. The van der Waals surface area contributed by atoms with E-state index in [2.05, 4.69) is 37.0 Å². The summed E-state index contributed by atoms with van der Waals surface area (Å²) in [6, 6.07) is 11.9. The Labute approximate surface area is 251 Å². The van der Waals surface area contributed by atoms with Crippen molar-refractivity contribution in [3.8, 4) is 11.5 Å². The standard InChI is InChI=1S/C30H38N6O6S/c1-3-40-24-15-21(16-25(17-24)41-23-9-13-39-14-10-23)18-36-11-7-22(8-12-36)32-30-33-29-26(5-4-6-27(29)42-30)34-43(37,38)28-19-35(2)20-31-28/h4-6,15-17,19-20,22-23,34H,3,7-14,18H2,1-2H3,(H,32,33). The van der Waals surface area contributed by atoms with E-state index in [0.717, 1.165) is 70.0 Å². The average molecular weight is 611 g/mol. The van der Waals surface area contributed by atoms with Gasteiger partial charge in [-0.15, -0.1) is 0 Å². The number of anilines is 2. The zero-order valence-electron chi connectivity index (χ0n) is 24.5. The lowest BCUT2D eigenvalue weighted by molar-refractivity contribution is 0.0254. The highest BCUT2D eigenvalue weighted by Crippen LogP contribution is 2.30. The van der Waals surface area contributed by atoms with E-state index in [-0.39, 0.29) is 17.2 Å². The second-order valence-electron chi connectivity index (χ2n) is 11.0. The predicted octanol–water partition coefficient (Wildman–Crippen LogP) is 4.40. The number of hydrogen-bond donors (Lipinski definition) is 2. The van der Waals surface area contributed by atoms with Crippen LogP contribution in [0.2, 0.25) is 0 Å². The van der Waals surface area contributed by atoms with Crippen LogP contribution in [-0.4, -0.2) is 72.9 Å². The van der Waals surface area contributed by atoms with Crippen LogP contribution in [0.3, 0.4) is 0 Å². The highest BCUT2D eigenvalue weighted by atomic mass is 32.2. The summed E-state index contributed by atoms with van der Waals surface area (Å²) in [5.74, 6) is 1.68. The highest BCUT2D eigenvalue weighted by molar-refractivity contribution is 7.92. The van der Waals surface area contributed by atoms with Gasteiger partial charge in [-0.3, -0.25) is 9.62 Å². The van der Waals surface area contributed by atoms with Crippen LogP contribution in [0.5, 0.6) is 11.5 Å². The summed E-state index contributed by atoms with van der Waals surface area (Å²) < 4.78 is 53.4. The van der Waals surface area contributed by atoms with Crippen LogP contribution in [0.15, 0.2) is 58.4 Å². The Bertz CT molecular complexity index is 1640. The second kappa shape index (κ2) is 12.8. The number of piperidine rings is 1. The maximum absolute atomic E-state index is 12.8. The van der Waals surface area contributed by atoms with Crippen molar-refractivity contribution in [1.29, 1.82) is 0 Å². The molecule has 2 saturated heterocycles.